The molecular weight excluding hydrogens is 578 g/mol. The van der Waals surface area contributed by atoms with Crippen LogP contribution < -0.4 is 9.46 Å². The molecule has 2 aromatic heterocycles. The maximum Gasteiger partial charge on any atom is 0.283 e. The summed E-state index contributed by atoms with van der Waals surface area (Å²) in [7, 11) is -0.436. The summed E-state index contributed by atoms with van der Waals surface area (Å²) in [6, 6.07) is 8.85. The fraction of sp³-hybridized carbons (Fsp3) is 0.562. The first-order valence-corrected chi connectivity index (χ1v) is 17.0. The number of benzene rings is 1. The number of sulfonamides is 1. The Bertz CT molecular complexity index is 1650. The van der Waals surface area contributed by atoms with Crippen LogP contribution in [0.4, 0.5) is 5.95 Å². The van der Waals surface area contributed by atoms with Crippen LogP contribution in [0, 0.1) is 25.2 Å². The SMILES string of the molecule is Cc1cccc(C)c1-c1cc2nc(n1)NS(=O)(=O)c1cc(n(C)n1)C(=O)N(C1CC3(CCN(C)CC3)C1)[C@H](CC(C)C)CO2. The number of hydrogen-bond acceptors (Lipinski definition) is 8. The van der Waals surface area contributed by atoms with Gasteiger partial charge < -0.3 is 14.5 Å². The normalized spacial score (nSPS) is 22.0. The lowest BCUT2D eigenvalue weighted by atomic mass is 9.59. The third-order valence-corrected chi connectivity index (χ3v) is 10.8. The number of nitrogens with one attached hydrogen (secondary N) is 1. The van der Waals surface area contributed by atoms with E-state index < -0.39 is 10.0 Å². The van der Waals surface area contributed by atoms with Crippen molar-refractivity contribution in [1.29, 1.82) is 0 Å². The molecule has 4 bridgehead atoms. The molecule has 3 aliphatic rings. The molecule has 6 rings (SSSR count). The van der Waals surface area contributed by atoms with Gasteiger partial charge in [-0.1, -0.05) is 32.0 Å². The van der Waals surface area contributed by atoms with Gasteiger partial charge in [-0.05, 0) is 88.5 Å². The average molecular weight is 622 g/mol. The lowest BCUT2D eigenvalue weighted by Crippen LogP contribution is -2.60. The maximum atomic E-state index is 14.4. The molecule has 1 saturated carbocycles. The van der Waals surface area contributed by atoms with Gasteiger partial charge in [0.1, 0.15) is 12.3 Å². The minimum Gasteiger partial charge on any atom is -0.475 e. The van der Waals surface area contributed by atoms with Crippen LogP contribution >= 0.6 is 0 Å². The van der Waals surface area contributed by atoms with Gasteiger partial charge in [-0.3, -0.25) is 9.48 Å². The molecule has 2 aliphatic heterocycles. The van der Waals surface area contributed by atoms with Gasteiger partial charge in [0.2, 0.25) is 11.8 Å². The summed E-state index contributed by atoms with van der Waals surface area (Å²) in [6.07, 6.45) is 4.83. The molecule has 1 saturated heterocycles. The molecule has 11 nitrogen and oxygen atoms in total. The number of fused-ring (bicyclic) bond motifs is 4. The number of likely N-dealkylation sites (tertiary alicyclic amines) is 1. The standard InChI is InChI=1S/C32H43N7O4S/c1-20(2)14-23-19-43-27-15-25(29-21(3)8-7-9-22(29)4)33-31(34-27)36-44(41,42)28-16-26(38(6)35-28)30(40)39(23)24-17-32(18-24)10-12-37(5)13-11-32/h7-9,15-16,20,23-24H,10-14,17-19H2,1-6H3,(H,33,34,36)/t23-/m1/s1. The number of aryl methyl sites for hydroxylation is 3. The Labute approximate surface area is 260 Å². The largest absolute Gasteiger partial charge is 0.475 e. The van der Waals surface area contributed by atoms with Crippen molar-refractivity contribution in [2.45, 2.75) is 76.9 Å². The van der Waals surface area contributed by atoms with Crippen LogP contribution in [0.1, 0.15) is 67.6 Å². The number of rotatable bonds is 4. The van der Waals surface area contributed by atoms with Crippen LogP contribution in [-0.4, -0.2) is 82.7 Å². The molecule has 12 heteroatoms. The number of hydrogen-bond donors (Lipinski definition) is 1. The van der Waals surface area contributed by atoms with E-state index in [2.05, 4.69) is 45.6 Å². The zero-order valence-electron chi connectivity index (χ0n) is 26.5. The number of amides is 1. The van der Waals surface area contributed by atoms with Crippen LogP contribution in [0.5, 0.6) is 5.88 Å². The fourth-order valence-electron chi connectivity index (χ4n) is 7.22. The number of piperidine rings is 1. The summed E-state index contributed by atoms with van der Waals surface area (Å²) in [5.41, 5.74) is 3.91. The number of carbonyl (C=O) groups excluding carboxylic acids is 1. The van der Waals surface area contributed by atoms with E-state index in [4.69, 9.17) is 4.74 Å². The van der Waals surface area contributed by atoms with Gasteiger partial charge in [0.15, 0.2) is 5.03 Å². The lowest BCUT2D eigenvalue weighted by molar-refractivity contribution is -0.0501. The second-order valence-corrected chi connectivity index (χ2v) is 15.1. The van der Waals surface area contributed by atoms with Crippen molar-refractivity contribution in [2.75, 3.05) is 31.5 Å². The number of carbonyl (C=O) groups is 1. The Kier molecular flexibility index (Phi) is 7.94. The van der Waals surface area contributed by atoms with Crippen molar-refractivity contribution < 1.29 is 17.9 Å². The van der Waals surface area contributed by atoms with Crippen molar-refractivity contribution in [3.8, 4) is 17.1 Å². The van der Waals surface area contributed by atoms with Gasteiger partial charge >= 0.3 is 0 Å². The lowest BCUT2D eigenvalue weighted by Gasteiger charge is -2.56. The molecule has 1 aromatic carbocycles. The first-order chi connectivity index (χ1) is 20.8. The monoisotopic (exact) mass is 621 g/mol. The Balaban J connectivity index is 1.44. The zero-order chi connectivity index (χ0) is 31.4. The first-order valence-electron chi connectivity index (χ1n) is 15.5. The van der Waals surface area contributed by atoms with Gasteiger partial charge in [0, 0.05) is 30.8 Å². The van der Waals surface area contributed by atoms with Crippen molar-refractivity contribution in [1.82, 2.24) is 29.5 Å². The van der Waals surface area contributed by atoms with E-state index in [0.29, 0.717) is 11.6 Å². The van der Waals surface area contributed by atoms with E-state index in [1.807, 2.05) is 36.9 Å². The minimum atomic E-state index is -4.21. The summed E-state index contributed by atoms with van der Waals surface area (Å²) >= 11 is 0. The molecule has 4 heterocycles. The second kappa shape index (κ2) is 11.4. The molecule has 44 heavy (non-hydrogen) atoms. The maximum absolute atomic E-state index is 14.4. The Morgan fingerprint density at radius 2 is 1.75 bits per heavy atom. The second-order valence-electron chi connectivity index (χ2n) is 13.5. The van der Waals surface area contributed by atoms with Gasteiger partial charge in [0.05, 0.1) is 11.7 Å². The highest BCUT2D eigenvalue weighted by Gasteiger charge is 2.50. The molecule has 0 radical (unpaired) electrons. The molecule has 2 fully saturated rings. The van der Waals surface area contributed by atoms with E-state index in [-0.39, 0.29) is 52.6 Å². The fourth-order valence-corrected chi connectivity index (χ4v) is 8.16. The van der Waals surface area contributed by atoms with E-state index in [0.717, 1.165) is 61.9 Å². The number of nitrogens with zero attached hydrogens (tertiary/aromatic N) is 6. The van der Waals surface area contributed by atoms with Crippen LogP contribution in [0.2, 0.25) is 0 Å². The number of anilines is 1. The third-order valence-electron chi connectivity index (χ3n) is 9.59. The van der Waals surface area contributed by atoms with Gasteiger partial charge in [-0.2, -0.15) is 18.5 Å². The first kappa shape index (κ1) is 30.5. The molecule has 0 unspecified atom stereocenters. The molecule has 3 aromatic rings. The molecule has 236 valence electrons. The van der Waals surface area contributed by atoms with Crippen LogP contribution in [0.3, 0.4) is 0 Å². The van der Waals surface area contributed by atoms with E-state index >= 15 is 0 Å². The van der Waals surface area contributed by atoms with E-state index in [1.165, 1.54) is 10.7 Å². The van der Waals surface area contributed by atoms with Gasteiger partial charge in [-0.15, -0.1) is 0 Å². The topological polar surface area (TPSA) is 123 Å². The van der Waals surface area contributed by atoms with Crippen LogP contribution in [-0.2, 0) is 17.1 Å². The van der Waals surface area contributed by atoms with E-state index in [9.17, 15) is 13.2 Å². The van der Waals surface area contributed by atoms with E-state index in [1.54, 1.807) is 13.1 Å². The molecule has 1 spiro atoms. The smallest absolute Gasteiger partial charge is 0.283 e. The van der Waals surface area contributed by atoms with Gasteiger partial charge in [0.25, 0.3) is 15.9 Å². The summed E-state index contributed by atoms with van der Waals surface area (Å²) < 4.78 is 37.4. The predicted octanol–water partition coefficient (Wildman–Crippen LogP) is 4.42. The summed E-state index contributed by atoms with van der Waals surface area (Å²) in [5, 5.41) is 4.02. The van der Waals surface area contributed by atoms with Crippen molar-refractivity contribution in [3.63, 3.8) is 0 Å². The predicted molar refractivity (Wildman–Crippen MR) is 168 cm³/mol. The van der Waals surface area contributed by atoms with Gasteiger partial charge in [-0.25, -0.2) is 9.71 Å². The van der Waals surface area contributed by atoms with Crippen LogP contribution in [0.15, 0.2) is 35.4 Å². The molecule has 1 amide bonds. The number of aromatic nitrogens is 4. The quantitative estimate of drug-likeness (QED) is 0.455. The highest BCUT2D eigenvalue weighted by molar-refractivity contribution is 7.92. The number of ether oxygens (including phenoxy) is 1. The molecule has 1 N–H and O–H groups in total. The average Bonchev–Trinajstić information content (AvgIpc) is 3.33. The van der Waals surface area contributed by atoms with Crippen LogP contribution in [0.25, 0.3) is 11.3 Å². The summed E-state index contributed by atoms with van der Waals surface area (Å²) in [6.45, 7) is 10.6. The molecule has 1 atom stereocenters. The minimum absolute atomic E-state index is 0.0302. The Morgan fingerprint density at radius 3 is 2.41 bits per heavy atom. The molecule has 1 aliphatic carbocycles. The van der Waals surface area contributed by atoms with Crippen molar-refractivity contribution >= 4 is 21.9 Å². The highest BCUT2D eigenvalue weighted by atomic mass is 32.2. The molecular formula is C32H43N7O4S. The van der Waals surface area contributed by atoms with Crippen molar-refractivity contribution in [3.05, 3.63) is 47.2 Å². The Morgan fingerprint density at radius 1 is 1.07 bits per heavy atom. The summed E-state index contributed by atoms with van der Waals surface area (Å²) in [5.74, 6) is 0.203. The zero-order valence-corrected chi connectivity index (χ0v) is 27.3. The third kappa shape index (κ3) is 5.81. The Hall–Kier alpha value is -3.51. The summed E-state index contributed by atoms with van der Waals surface area (Å²) in [4.78, 5) is 27.8. The highest BCUT2D eigenvalue weighted by Crippen LogP contribution is 2.51. The van der Waals surface area contributed by atoms with Crippen molar-refractivity contribution in [2.24, 2.45) is 18.4 Å².